The van der Waals surface area contributed by atoms with Crippen molar-refractivity contribution in [3.05, 3.63) is 69.9 Å². The van der Waals surface area contributed by atoms with E-state index in [2.05, 4.69) is 15.7 Å². The molecule has 10 nitrogen and oxygen atoms in total. The Balaban J connectivity index is 1.22. The van der Waals surface area contributed by atoms with Gasteiger partial charge in [-0.25, -0.2) is 8.78 Å². The zero-order chi connectivity index (χ0) is 30.4. The second kappa shape index (κ2) is 11.4. The molecule has 4 amide bonds. The Bertz CT molecular complexity index is 1790. The highest BCUT2D eigenvalue weighted by Gasteiger charge is 2.40. The molecule has 2 aliphatic rings. The third-order valence-electron chi connectivity index (χ3n) is 7.37. The van der Waals surface area contributed by atoms with Crippen LogP contribution in [0.1, 0.15) is 39.4 Å². The molecule has 6 rings (SSSR count). The number of aromatic nitrogens is 2. The molecule has 2 fully saturated rings. The molecule has 0 spiro atoms. The lowest BCUT2D eigenvalue weighted by molar-refractivity contribution is -0.137. The van der Waals surface area contributed by atoms with Gasteiger partial charge in [0.1, 0.15) is 18.8 Å². The van der Waals surface area contributed by atoms with Gasteiger partial charge >= 0.3 is 0 Å². The van der Waals surface area contributed by atoms with Gasteiger partial charge in [0, 0.05) is 28.6 Å². The highest BCUT2D eigenvalue weighted by atomic mass is 35.5. The van der Waals surface area contributed by atoms with E-state index in [0.29, 0.717) is 25.7 Å². The molecule has 3 heterocycles. The number of primary amides is 1. The summed E-state index contributed by atoms with van der Waals surface area (Å²) in [5, 5.41) is 9.85. The van der Waals surface area contributed by atoms with Gasteiger partial charge in [-0.2, -0.15) is 5.10 Å². The Kier molecular flexibility index (Phi) is 7.61. The largest absolute Gasteiger partial charge is 0.364 e. The molecular formula is C29H25ClF2N6O4S. The molecule has 4 aromatic rings. The number of halogens is 3. The van der Waals surface area contributed by atoms with Gasteiger partial charge in [0.15, 0.2) is 11.5 Å². The second-order valence-electron chi connectivity index (χ2n) is 10.5. The first-order valence-electron chi connectivity index (χ1n) is 13.5. The van der Waals surface area contributed by atoms with Crippen molar-refractivity contribution in [2.75, 3.05) is 11.9 Å². The maximum absolute atomic E-state index is 15.4. The van der Waals surface area contributed by atoms with Crippen molar-refractivity contribution in [2.24, 2.45) is 5.73 Å². The average Bonchev–Trinajstić information content (AvgIpc) is 3.37. The summed E-state index contributed by atoms with van der Waals surface area (Å²) in [6, 6.07) is 11.5. The van der Waals surface area contributed by atoms with Gasteiger partial charge in [-0.05, 0) is 31.0 Å². The highest BCUT2D eigenvalue weighted by molar-refractivity contribution is 7.21. The molecule has 14 heteroatoms. The van der Waals surface area contributed by atoms with E-state index in [-0.39, 0.29) is 41.9 Å². The number of fused-ring (bicyclic) bond motifs is 1. The van der Waals surface area contributed by atoms with E-state index in [9.17, 15) is 23.6 Å². The SMILES string of the molecule is NC(=O)c1nn(CC(=O)N2C[C@H](F)C[C@H]2C(=O)Nc2cccc(-c3ccccc3Cl)c2F)c2cc(C(=O)NC3CC3)sc12. The van der Waals surface area contributed by atoms with Gasteiger partial charge in [-0.1, -0.05) is 41.9 Å². The van der Waals surface area contributed by atoms with Crippen LogP contribution in [0.3, 0.4) is 0 Å². The van der Waals surface area contributed by atoms with Crippen molar-refractivity contribution in [2.45, 2.75) is 44.1 Å². The molecule has 43 heavy (non-hydrogen) atoms. The molecule has 1 aliphatic heterocycles. The fourth-order valence-corrected chi connectivity index (χ4v) is 6.39. The van der Waals surface area contributed by atoms with Crippen LogP contribution in [0.25, 0.3) is 21.3 Å². The van der Waals surface area contributed by atoms with Gasteiger partial charge in [0.2, 0.25) is 11.8 Å². The third-order valence-corrected chi connectivity index (χ3v) is 8.83. The number of likely N-dealkylation sites (tertiary alicyclic amines) is 1. The minimum Gasteiger partial charge on any atom is -0.364 e. The van der Waals surface area contributed by atoms with E-state index < -0.39 is 42.3 Å². The predicted molar refractivity (Wildman–Crippen MR) is 157 cm³/mol. The number of benzene rings is 2. The number of hydrogen-bond acceptors (Lipinski definition) is 6. The maximum Gasteiger partial charge on any atom is 0.270 e. The Labute approximate surface area is 252 Å². The Morgan fingerprint density at radius 2 is 1.84 bits per heavy atom. The monoisotopic (exact) mass is 626 g/mol. The number of amides is 4. The van der Waals surface area contributed by atoms with E-state index in [1.54, 1.807) is 30.3 Å². The summed E-state index contributed by atoms with van der Waals surface area (Å²) in [6.07, 6.45) is 0.0153. The summed E-state index contributed by atoms with van der Waals surface area (Å²) < 4.78 is 31.6. The number of thiophene rings is 1. The number of carbonyl (C=O) groups is 4. The van der Waals surface area contributed by atoms with Crippen LogP contribution in [0, 0.1) is 5.82 Å². The number of carbonyl (C=O) groups excluding carboxylic acids is 4. The molecular weight excluding hydrogens is 602 g/mol. The summed E-state index contributed by atoms with van der Waals surface area (Å²) in [4.78, 5) is 52.8. The average molecular weight is 627 g/mol. The molecule has 2 aromatic carbocycles. The number of nitrogens with two attached hydrogens (primary N) is 1. The van der Waals surface area contributed by atoms with Crippen molar-refractivity contribution in [3.63, 3.8) is 0 Å². The van der Waals surface area contributed by atoms with E-state index in [4.69, 9.17) is 17.3 Å². The molecule has 4 N–H and O–H groups in total. The number of rotatable bonds is 8. The van der Waals surface area contributed by atoms with Crippen molar-refractivity contribution in [1.29, 1.82) is 0 Å². The van der Waals surface area contributed by atoms with Gasteiger partial charge in [-0.15, -0.1) is 11.3 Å². The van der Waals surface area contributed by atoms with Crippen LogP contribution < -0.4 is 16.4 Å². The van der Waals surface area contributed by atoms with Crippen LogP contribution in [0.2, 0.25) is 5.02 Å². The molecule has 2 aromatic heterocycles. The first-order valence-corrected chi connectivity index (χ1v) is 14.7. The molecule has 2 atom stereocenters. The van der Waals surface area contributed by atoms with Crippen molar-refractivity contribution in [3.8, 4) is 11.1 Å². The predicted octanol–water partition coefficient (Wildman–Crippen LogP) is 4.13. The smallest absolute Gasteiger partial charge is 0.270 e. The van der Waals surface area contributed by atoms with E-state index in [1.807, 2.05) is 0 Å². The topological polar surface area (TPSA) is 139 Å². The third kappa shape index (κ3) is 5.69. The van der Waals surface area contributed by atoms with E-state index in [0.717, 1.165) is 29.1 Å². The summed E-state index contributed by atoms with van der Waals surface area (Å²) in [7, 11) is 0. The first-order chi connectivity index (χ1) is 20.6. The normalized spacial score (nSPS) is 18.2. The lowest BCUT2D eigenvalue weighted by Gasteiger charge is -2.24. The van der Waals surface area contributed by atoms with Crippen molar-refractivity contribution >= 4 is 62.5 Å². The van der Waals surface area contributed by atoms with E-state index in [1.165, 1.54) is 22.9 Å². The molecule has 1 aliphatic carbocycles. The van der Waals surface area contributed by atoms with Gasteiger partial charge < -0.3 is 21.3 Å². The molecule has 222 valence electrons. The quantitative estimate of drug-likeness (QED) is 0.270. The van der Waals surface area contributed by atoms with Crippen LogP contribution in [-0.4, -0.2) is 63.1 Å². The number of anilines is 1. The summed E-state index contributed by atoms with van der Waals surface area (Å²) in [6.45, 7) is -0.804. The highest BCUT2D eigenvalue weighted by Crippen LogP contribution is 2.34. The molecule has 0 bridgehead atoms. The summed E-state index contributed by atoms with van der Waals surface area (Å²) >= 11 is 7.26. The maximum atomic E-state index is 15.4. The second-order valence-corrected chi connectivity index (χ2v) is 11.9. The molecule has 0 radical (unpaired) electrons. The summed E-state index contributed by atoms with van der Waals surface area (Å²) in [5.74, 6) is -3.29. The Hall–Kier alpha value is -4.36. The first kappa shape index (κ1) is 28.7. The van der Waals surface area contributed by atoms with Gasteiger partial charge in [0.05, 0.1) is 27.3 Å². The van der Waals surface area contributed by atoms with Crippen LogP contribution in [0.15, 0.2) is 48.5 Å². The number of nitrogens with zero attached hydrogens (tertiary/aromatic N) is 3. The lowest BCUT2D eigenvalue weighted by Crippen LogP contribution is -2.44. The Morgan fingerprint density at radius 3 is 2.56 bits per heavy atom. The number of alkyl halides is 1. The van der Waals surface area contributed by atoms with Crippen LogP contribution in [0.4, 0.5) is 14.5 Å². The van der Waals surface area contributed by atoms with Crippen LogP contribution >= 0.6 is 22.9 Å². The molecule has 1 saturated heterocycles. The fraction of sp³-hybridized carbons (Fsp3) is 0.276. The van der Waals surface area contributed by atoms with Gasteiger partial charge in [0.25, 0.3) is 11.8 Å². The number of nitrogens with one attached hydrogen (secondary N) is 2. The van der Waals surface area contributed by atoms with Crippen LogP contribution in [0.5, 0.6) is 0 Å². The fourth-order valence-electron chi connectivity index (χ4n) is 5.10. The zero-order valence-corrected chi connectivity index (χ0v) is 24.1. The zero-order valence-electron chi connectivity index (χ0n) is 22.5. The minimum absolute atomic E-state index is 0.105. The summed E-state index contributed by atoms with van der Waals surface area (Å²) in [5.41, 5.74) is 6.18. The Morgan fingerprint density at radius 1 is 1.09 bits per heavy atom. The van der Waals surface area contributed by atoms with E-state index >= 15 is 4.39 Å². The lowest BCUT2D eigenvalue weighted by atomic mass is 10.0. The van der Waals surface area contributed by atoms with Crippen molar-refractivity contribution in [1.82, 2.24) is 20.0 Å². The number of hydrogen-bond donors (Lipinski definition) is 3. The molecule has 1 saturated carbocycles. The van der Waals surface area contributed by atoms with Crippen LogP contribution in [-0.2, 0) is 16.1 Å². The van der Waals surface area contributed by atoms with Crippen molar-refractivity contribution < 1.29 is 28.0 Å². The van der Waals surface area contributed by atoms with Gasteiger partial charge in [-0.3, -0.25) is 23.9 Å². The minimum atomic E-state index is -1.49. The standard InChI is InChI=1S/C29H25ClF2N6O4S/c30-18-6-2-1-4-16(18)17-5-3-7-19(24(17)32)35-28(41)21-10-14(31)12-37(21)23(39)13-38-20-11-22(29(42)34-15-8-9-15)43-26(20)25(36-38)27(33)40/h1-7,11,14-15,21H,8-10,12-13H2,(H2,33,40)(H,34,42)(H,35,41)/t14-,21+/m1/s1. The molecule has 0 unspecified atom stereocenters.